The number of benzene rings is 2. The van der Waals surface area contributed by atoms with Gasteiger partial charge in [0.25, 0.3) is 0 Å². The summed E-state index contributed by atoms with van der Waals surface area (Å²) in [5.41, 5.74) is 8.96. The molecule has 3 aromatic rings. The lowest BCUT2D eigenvalue weighted by Gasteiger charge is -2.13. The van der Waals surface area contributed by atoms with Gasteiger partial charge in [-0.3, -0.25) is 4.79 Å². The first kappa shape index (κ1) is 23.3. The van der Waals surface area contributed by atoms with Crippen LogP contribution in [0, 0.1) is 29.6 Å². The molecule has 9 heteroatoms. The van der Waals surface area contributed by atoms with Gasteiger partial charge < -0.3 is 16.2 Å². The van der Waals surface area contributed by atoms with Gasteiger partial charge in [-0.25, -0.2) is 9.78 Å². The Morgan fingerprint density at radius 3 is 2.45 bits per heavy atom. The maximum atomic E-state index is 12.3. The van der Waals surface area contributed by atoms with Gasteiger partial charge in [0, 0.05) is 23.4 Å². The summed E-state index contributed by atoms with van der Waals surface area (Å²) < 4.78 is 0. The summed E-state index contributed by atoms with van der Waals surface area (Å²) in [6.07, 6.45) is 0.0916. The van der Waals surface area contributed by atoms with E-state index in [0.29, 0.717) is 27.6 Å². The molecule has 0 aliphatic heterocycles. The van der Waals surface area contributed by atoms with E-state index in [1.54, 1.807) is 12.1 Å². The molecule has 0 spiro atoms. The van der Waals surface area contributed by atoms with Crippen molar-refractivity contribution in [3.05, 3.63) is 70.8 Å². The number of hydrogen-bond donors (Lipinski definition) is 3. The van der Waals surface area contributed by atoms with Gasteiger partial charge in [0.05, 0.1) is 11.1 Å². The number of aromatic carboxylic acids is 1. The van der Waals surface area contributed by atoms with Crippen molar-refractivity contribution in [2.24, 2.45) is 0 Å². The SMILES string of the molecule is Cc1ccc(-c2c(C#N)c(N)nc(SCCC(=O)Nc3cccc(C(=O)O)c3)c2C#N)cc1. The van der Waals surface area contributed by atoms with E-state index in [-0.39, 0.29) is 34.8 Å². The molecule has 0 fully saturated rings. The summed E-state index contributed by atoms with van der Waals surface area (Å²) in [4.78, 5) is 27.6. The summed E-state index contributed by atoms with van der Waals surface area (Å²) in [6, 6.07) is 17.5. The summed E-state index contributed by atoms with van der Waals surface area (Å²) in [7, 11) is 0. The highest BCUT2D eigenvalue weighted by Gasteiger charge is 2.20. The first-order valence-corrected chi connectivity index (χ1v) is 10.8. The fourth-order valence-electron chi connectivity index (χ4n) is 3.11. The number of hydrogen-bond acceptors (Lipinski definition) is 7. The van der Waals surface area contributed by atoms with Gasteiger partial charge in [0.15, 0.2) is 0 Å². The lowest BCUT2D eigenvalue weighted by molar-refractivity contribution is -0.115. The van der Waals surface area contributed by atoms with Crippen LogP contribution in [0.4, 0.5) is 11.5 Å². The van der Waals surface area contributed by atoms with Gasteiger partial charge in [-0.15, -0.1) is 11.8 Å². The number of rotatable bonds is 7. The first-order chi connectivity index (χ1) is 15.8. The maximum absolute atomic E-state index is 12.3. The summed E-state index contributed by atoms with van der Waals surface area (Å²) >= 11 is 1.19. The molecule has 4 N–H and O–H groups in total. The van der Waals surface area contributed by atoms with E-state index in [1.165, 1.54) is 23.9 Å². The largest absolute Gasteiger partial charge is 0.478 e. The van der Waals surface area contributed by atoms with Crippen LogP contribution in [0.25, 0.3) is 11.1 Å². The molecule has 0 unspecified atom stereocenters. The summed E-state index contributed by atoms with van der Waals surface area (Å²) in [6.45, 7) is 1.94. The Hall–Kier alpha value is -4.34. The zero-order chi connectivity index (χ0) is 24.0. The summed E-state index contributed by atoms with van der Waals surface area (Å²) in [5.74, 6) is -1.09. The molecular formula is C24H19N5O3S. The Morgan fingerprint density at radius 1 is 1.12 bits per heavy atom. The molecular weight excluding hydrogens is 438 g/mol. The van der Waals surface area contributed by atoms with Crippen molar-refractivity contribution < 1.29 is 14.7 Å². The van der Waals surface area contributed by atoms with Crippen LogP contribution >= 0.6 is 11.8 Å². The van der Waals surface area contributed by atoms with Crippen LogP contribution in [0.5, 0.6) is 0 Å². The van der Waals surface area contributed by atoms with Crippen LogP contribution in [0.15, 0.2) is 53.6 Å². The lowest BCUT2D eigenvalue weighted by atomic mass is 9.96. The molecule has 1 heterocycles. The highest BCUT2D eigenvalue weighted by molar-refractivity contribution is 7.99. The number of nitrogens with zero attached hydrogens (tertiary/aromatic N) is 3. The smallest absolute Gasteiger partial charge is 0.335 e. The first-order valence-electron chi connectivity index (χ1n) is 9.80. The number of aryl methyl sites for hydroxylation is 1. The highest BCUT2D eigenvalue weighted by Crippen LogP contribution is 2.35. The number of nitrogens with two attached hydrogens (primary N) is 1. The van der Waals surface area contributed by atoms with E-state index in [0.717, 1.165) is 5.56 Å². The molecule has 1 amide bonds. The molecule has 0 aliphatic rings. The van der Waals surface area contributed by atoms with E-state index < -0.39 is 5.97 Å². The van der Waals surface area contributed by atoms with Crippen molar-refractivity contribution in [2.45, 2.75) is 18.4 Å². The van der Waals surface area contributed by atoms with Crippen molar-refractivity contribution in [1.82, 2.24) is 4.98 Å². The standard InChI is InChI=1S/C24H19N5O3S/c1-14-5-7-15(8-6-14)21-18(12-25)22(27)29-23(19(21)13-26)33-10-9-20(30)28-17-4-2-3-16(11-17)24(31)32/h2-8,11H,9-10H2,1H3,(H2,27,29)(H,28,30)(H,31,32). The quantitative estimate of drug-likeness (QED) is 0.446. The molecule has 0 bridgehead atoms. The minimum Gasteiger partial charge on any atom is -0.478 e. The van der Waals surface area contributed by atoms with Crippen LogP contribution in [-0.4, -0.2) is 27.7 Å². The molecule has 0 aliphatic carbocycles. The Morgan fingerprint density at radius 2 is 1.82 bits per heavy atom. The van der Waals surface area contributed by atoms with Gasteiger partial charge in [-0.05, 0) is 30.7 Å². The Kier molecular flexibility index (Phi) is 7.29. The fraction of sp³-hybridized carbons (Fsp3) is 0.125. The third-order valence-electron chi connectivity index (χ3n) is 4.72. The zero-order valence-electron chi connectivity index (χ0n) is 17.6. The van der Waals surface area contributed by atoms with Crippen LogP contribution < -0.4 is 11.1 Å². The van der Waals surface area contributed by atoms with Crippen molar-refractivity contribution in [1.29, 1.82) is 10.5 Å². The van der Waals surface area contributed by atoms with Crippen LogP contribution in [0.2, 0.25) is 0 Å². The van der Waals surface area contributed by atoms with Gasteiger partial charge in [-0.2, -0.15) is 10.5 Å². The third kappa shape index (κ3) is 5.48. The van der Waals surface area contributed by atoms with Crippen molar-refractivity contribution in [2.75, 3.05) is 16.8 Å². The van der Waals surface area contributed by atoms with E-state index >= 15 is 0 Å². The number of carbonyl (C=O) groups excluding carboxylic acids is 1. The average molecular weight is 458 g/mol. The number of nitriles is 2. The van der Waals surface area contributed by atoms with Gasteiger partial charge in [0.2, 0.25) is 5.91 Å². The van der Waals surface area contributed by atoms with E-state index in [9.17, 15) is 20.1 Å². The molecule has 1 aromatic heterocycles. The third-order valence-corrected chi connectivity index (χ3v) is 5.69. The molecule has 33 heavy (non-hydrogen) atoms. The summed E-state index contributed by atoms with van der Waals surface area (Å²) in [5, 5.41) is 31.5. The second kappa shape index (κ2) is 10.3. The molecule has 8 nitrogen and oxygen atoms in total. The molecule has 0 atom stereocenters. The minimum absolute atomic E-state index is 0.0181. The van der Waals surface area contributed by atoms with Crippen LogP contribution in [0.3, 0.4) is 0 Å². The van der Waals surface area contributed by atoms with Crippen molar-refractivity contribution in [3.8, 4) is 23.3 Å². The van der Waals surface area contributed by atoms with E-state index in [2.05, 4.69) is 16.4 Å². The number of pyridine rings is 1. The zero-order valence-corrected chi connectivity index (χ0v) is 18.4. The molecule has 0 radical (unpaired) electrons. The van der Waals surface area contributed by atoms with Crippen LogP contribution in [0.1, 0.15) is 33.5 Å². The van der Waals surface area contributed by atoms with Crippen LogP contribution in [-0.2, 0) is 4.79 Å². The lowest BCUT2D eigenvalue weighted by Crippen LogP contribution is -2.13. The Labute approximate surface area is 194 Å². The number of nitrogens with one attached hydrogen (secondary N) is 1. The van der Waals surface area contributed by atoms with Gasteiger partial charge in [0.1, 0.15) is 28.5 Å². The Bertz CT molecular complexity index is 1310. The monoisotopic (exact) mass is 457 g/mol. The number of carboxylic acid groups (broad SMARTS) is 1. The van der Waals surface area contributed by atoms with E-state index in [1.807, 2.05) is 37.3 Å². The second-order valence-corrected chi connectivity index (χ2v) is 8.13. The molecule has 164 valence electrons. The second-order valence-electron chi connectivity index (χ2n) is 7.05. The number of anilines is 2. The molecule has 0 saturated heterocycles. The number of carboxylic acids is 1. The number of amides is 1. The molecule has 2 aromatic carbocycles. The average Bonchev–Trinajstić information content (AvgIpc) is 2.79. The van der Waals surface area contributed by atoms with E-state index in [4.69, 9.17) is 10.8 Å². The van der Waals surface area contributed by atoms with Gasteiger partial charge in [-0.1, -0.05) is 35.9 Å². The molecule has 3 rings (SSSR count). The number of nitrogen functional groups attached to an aromatic ring is 1. The van der Waals surface area contributed by atoms with Crippen molar-refractivity contribution >= 4 is 35.1 Å². The minimum atomic E-state index is -1.08. The number of aromatic nitrogens is 1. The number of carbonyl (C=O) groups is 2. The fourth-order valence-corrected chi connectivity index (χ4v) is 4.04. The maximum Gasteiger partial charge on any atom is 0.335 e. The van der Waals surface area contributed by atoms with Crippen molar-refractivity contribution in [3.63, 3.8) is 0 Å². The number of thioether (sulfide) groups is 1. The molecule has 0 saturated carbocycles. The van der Waals surface area contributed by atoms with Gasteiger partial charge >= 0.3 is 5.97 Å². The topological polar surface area (TPSA) is 153 Å². The predicted octanol–water partition coefficient (Wildman–Crippen LogP) is 4.20. The highest BCUT2D eigenvalue weighted by atomic mass is 32.2. The normalized spacial score (nSPS) is 10.2. The predicted molar refractivity (Wildman–Crippen MR) is 126 cm³/mol. The Balaban J connectivity index is 1.79.